The summed E-state index contributed by atoms with van der Waals surface area (Å²) in [5.74, 6) is 0. The maximum atomic E-state index is 9.93. The van der Waals surface area contributed by atoms with Crippen molar-refractivity contribution in [2.24, 2.45) is 0 Å². The van der Waals surface area contributed by atoms with Crippen molar-refractivity contribution in [2.75, 3.05) is 13.7 Å². The van der Waals surface area contributed by atoms with Crippen molar-refractivity contribution < 1.29 is 9.84 Å². The van der Waals surface area contributed by atoms with Gasteiger partial charge in [0.15, 0.2) is 0 Å². The lowest BCUT2D eigenvalue weighted by atomic mass is 10.0. The summed E-state index contributed by atoms with van der Waals surface area (Å²) >= 11 is 0. The van der Waals surface area contributed by atoms with Crippen LogP contribution in [0, 0.1) is 0 Å². The third kappa shape index (κ3) is 3.19. The average Bonchev–Trinajstić information content (AvgIpc) is 2.46. The molecule has 0 bridgehead atoms. The number of benzene rings is 2. The van der Waals surface area contributed by atoms with E-state index in [1.165, 1.54) is 11.1 Å². The minimum atomic E-state index is -0.449. The number of rotatable bonds is 5. The largest absolute Gasteiger partial charge is 0.388 e. The fourth-order valence-electron chi connectivity index (χ4n) is 1.92. The van der Waals surface area contributed by atoms with Gasteiger partial charge in [-0.25, -0.2) is 0 Å². The highest BCUT2D eigenvalue weighted by Crippen LogP contribution is 2.23. The van der Waals surface area contributed by atoms with Crippen LogP contribution in [0.3, 0.4) is 0 Å². The van der Waals surface area contributed by atoms with Gasteiger partial charge in [-0.05, 0) is 16.7 Å². The lowest BCUT2D eigenvalue weighted by Crippen LogP contribution is -2.01. The molecule has 2 heteroatoms. The van der Waals surface area contributed by atoms with E-state index in [9.17, 15) is 5.11 Å². The van der Waals surface area contributed by atoms with Gasteiger partial charge in [-0.2, -0.15) is 0 Å². The SMILES string of the molecule is COCCC(O)c1ccc(-c2ccccc2)cc1. The second kappa shape index (κ2) is 6.34. The molecule has 0 aromatic heterocycles. The Morgan fingerprint density at radius 3 is 2.17 bits per heavy atom. The highest BCUT2D eigenvalue weighted by molar-refractivity contribution is 5.63. The summed E-state index contributed by atoms with van der Waals surface area (Å²) < 4.78 is 4.97. The molecule has 0 saturated heterocycles. The Labute approximate surface area is 108 Å². The Balaban J connectivity index is 2.10. The monoisotopic (exact) mass is 242 g/mol. The van der Waals surface area contributed by atoms with E-state index in [2.05, 4.69) is 12.1 Å². The van der Waals surface area contributed by atoms with Crippen LogP contribution in [0.1, 0.15) is 18.1 Å². The van der Waals surface area contributed by atoms with Crippen molar-refractivity contribution in [3.05, 3.63) is 60.2 Å². The van der Waals surface area contributed by atoms with E-state index >= 15 is 0 Å². The fraction of sp³-hybridized carbons (Fsp3) is 0.250. The van der Waals surface area contributed by atoms with E-state index in [-0.39, 0.29) is 0 Å². The van der Waals surface area contributed by atoms with Gasteiger partial charge in [0.2, 0.25) is 0 Å². The van der Waals surface area contributed by atoms with Crippen molar-refractivity contribution in [3.63, 3.8) is 0 Å². The van der Waals surface area contributed by atoms with E-state index in [1.54, 1.807) is 7.11 Å². The summed E-state index contributed by atoms with van der Waals surface area (Å²) in [6, 6.07) is 18.2. The van der Waals surface area contributed by atoms with Gasteiger partial charge in [-0.15, -0.1) is 0 Å². The van der Waals surface area contributed by atoms with Crippen molar-refractivity contribution in [2.45, 2.75) is 12.5 Å². The van der Waals surface area contributed by atoms with Crippen LogP contribution in [0.5, 0.6) is 0 Å². The predicted octanol–water partition coefficient (Wildman–Crippen LogP) is 3.42. The molecule has 18 heavy (non-hydrogen) atoms. The molecule has 0 fully saturated rings. The van der Waals surface area contributed by atoms with Gasteiger partial charge >= 0.3 is 0 Å². The first-order chi connectivity index (χ1) is 8.81. The Morgan fingerprint density at radius 1 is 0.944 bits per heavy atom. The zero-order valence-corrected chi connectivity index (χ0v) is 10.5. The standard InChI is InChI=1S/C16H18O2/c1-18-12-11-16(17)15-9-7-14(8-10-15)13-5-3-2-4-6-13/h2-10,16-17H,11-12H2,1H3. The molecule has 1 N–H and O–H groups in total. The summed E-state index contributed by atoms with van der Waals surface area (Å²) in [7, 11) is 1.64. The first-order valence-corrected chi connectivity index (χ1v) is 6.13. The lowest BCUT2D eigenvalue weighted by molar-refractivity contribution is 0.110. The van der Waals surface area contributed by atoms with Crippen LogP contribution in [0.25, 0.3) is 11.1 Å². The van der Waals surface area contributed by atoms with E-state index in [4.69, 9.17) is 4.74 Å². The molecule has 2 aromatic rings. The number of ether oxygens (including phenoxy) is 1. The summed E-state index contributed by atoms with van der Waals surface area (Å²) in [6.45, 7) is 0.571. The molecule has 0 aliphatic carbocycles. The van der Waals surface area contributed by atoms with Gasteiger partial charge in [0.25, 0.3) is 0 Å². The molecule has 94 valence electrons. The van der Waals surface area contributed by atoms with Crippen LogP contribution in [-0.2, 0) is 4.74 Å². The normalized spacial score (nSPS) is 12.3. The van der Waals surface area contributed by atoms with Gasteiger partial charge < -0.3 is 9.84 Å². The summed E-state index contributed by atoms with van der Waals surface area (Å²) in [5, 5.41) is 9.93. The number of aliphatic hydroxyl groups is 1. The molecule has 0 heterocycles. The molecular formula is C16H18O2. The van der Waals surface area contributed by atoms with Gasteiger partial charge in [-0.3, -0.25) is 0 Å². The summed E-state index contributed by atoms with van der Waals surface area (Å²) in [5.41, 5.74) is 3.29. The van der Waals surface area contributed by atoms with Gasteiger partial charge in [-0.1, -0.05) is 54.6 Å². The third-order valence-electron chi connectivity index (χ3n) is 3.00. The Kier molecular flexibility index (Phi) is 4.51. The average molecular weight is 242 g/mol. The third-order valence-corrected chi connectivity index (χ3v) is 3.00. The molecule has 0 radical (unpaired) electrons. The number of hydrogen-bond acceptors (Lipinski definition) is 2. The van der Waals surface area contributed by atoms with Gasteiger partial charge in [0, 0.05) is 20.1 Å². The fourth-order valence-corrected chi connectivity index (χ4v) is 1.92. The maximum Gasteiger partial charge on any atom is 0.0812 e. The molecule has 0 amide bonds. The molecule has 2 aromatic carbocycles. The van der Waals surface area contributed by atoms with Crippen LogP contribution in [0.15, 0.2) is 54.6 Å². The maximum absolute atomic E-state index is 9.93. The first-order valence-electron chi connectivity index (χ1n) is 6.13. The lowest BCUT2D eigenvalue weighted by Gasteiger charge is -2.11. The molecule has 0 spiro atoms. The second-order valence-electron chi connectivity index (χ2n) is 4.29. The summed E-state index contributed by atoms with van der Waals surface area (Å²) in [6.07, 6.45) is 0.177. The smallest absolute Gasteiger partial charge is 0.0812 e. The van der Waals surface area contributed by atoms with Crippen LogP contribution >= 0.6 is 0 Å². The Hall–Kier alpha value is -1.64. The van der Waals surface area contributed by atoms with Crippen molar-refractivity contribution >= 4 is 0 Å². The van der Waals surface area contributed by atoms with Crippen LogP contribution < -0.4 is 0 Å². The van der Waals surface area contributed by atoms with Crippen molar-refractivity contribution in [1.82, 2.24) is 0 Å². The molecule has 0 aliphatic rings. The van der Waals surface area contributed by atoms with Crippen molar-refractivity contribution in [3.8, 4) is 11.1 Å². The Morgan fingerprint density at radius 2 is 1.56 bits per heavy atom. The number of aliphatic hydroxyl groups excluding tert-OH is 1. The molecule has 0 aliphatic heterocycles. The van der Waals surface area contributed by atoms with Gasteiger partial charge in [0.1, 0.15) is 0 Å². The van der Waals surface area contributed by atoms with E-state index in [0.717, 1.165) is 5.56 Å². The minimum Gasteiger partial charge on any atom is -0.388 e. The Bertz CT molecular complexity index is 462. The minimum absolute atomic E-state index is 0.449. The zero-order chi connectivity index (χ0) is 12.8. The molecule has 0 saturated carbocycles. The molecule has 1 atom stereocenters. The topological polar surface area (TPSA) is 29.5 Å². The summed E-state index contributed by atoms with van der Waals surface area (Å²) in [4.78, 5) is 0. The van der Waals surface area contributed by atoms with Crippen LogP contribution in [0.2, 0.25) is 0 Å². The van der Waals surface area contributed by atoms with Gasteiger partial charge in [0.05, 0.1) is 6.10 Å². The molecule has 2 rings (SSSR count). The van der Waals surface area contributed by atoms with Crippen LogP contribution in [-0.4, -0.2) is 18.8 Å². The quantitative estimate of drug-likeness (QED) is 0.870. The molecule has 1 unspecified atom stereocenters. The van der Waals surface area contributed by atoms with E-state index < -0.39 is 6.10 Å². The highest BCUT2D eigenvalue weighted by Gasteiger charge is 2.07. The number of hydrogen-bond donors (Lipinski definition) is 1. The highest BCUT2D eigenvalue weighted by atomic mass is 16.5. The zero-order valence-electron chi connectivity index (χ0n) is 10.5. The molecule has 2 nitrogen and oxygen atoms in total. The van der Waals surface area contributed by atoms with E-state index in [0.29, 0.717) is 13.0 Å². The predicted molar refractivity (Wildman–Crippen MR) is 73.3 cm³/mol. The van der Waals surface area contributed by atoms with Crippen molar-refractivity contribution in [1.29, 1.82) is 0 Å². The molecular weight excluding hydrogens is 224 g/mol. The second-order valence-corrected chi connectivity index (χ2v) is 4.29. The first kappa shape index (κ1) is 12.8. The van der Waals surface area contributed by atoms with E-state index in [1.807, 2.05) is 42.5 Å². The van der Waals surface area contributed by atoms with Crippen LogP contribution in [0.4, 0.5) is 0 Å². The number of methoxy groups -OCH3 is 1.